The fraction of sp³-hybridized carbons (Fsp3) is 1.00. The highest BCUT2D eigenvalue weighted by molar-refractivity contribution is 4.93. The van der Waals surface area contributed by atoms with Gasteiger partial charge in [0.1, 0.15) is 0 Å². The van der Waals surface area contributed by atoms with Gasteiger partial charge < -0.3 is 5.73 Å². The maximum atomic E-state index is 6.20. The van der Waals surface area contributed by atoms with Crippen LogP contribution < -0.4 is 5.73 Å². The van der Waals surface area contributed by atoms with Crippen molar-refractivity contribution < 1.29 is 0 Å². The molecule has 1 aliphatic heterocycles. The third-order valence-corrected chi connectivity index (χ3v) is 6.24. The van der Waals surface area contributed by atoms with E-state index in [2.05, 4.69) is 4.90 Å². The van der Waals surface area contributed by atoms with Crippen LogP contribution in [0.4, 0.5) is 0 Å². The van der Waals surface area contributed by atoms with Crippen molar-refractivity contribution in [1.82, 2.24) is 4.90 Å². The maximum Gasteiger partial charge on any atom is 0.0124 e. The summed E-state index contributed by atoms with van der Waals surface area (Å²) in [6.45, 7) is 3.58. The molecule has 2 unspecified atom stereocenters. The molecule has 19 heavy (non-hydrogen) atoms. The van der Waals surface area contributed by atoms with Crippen LogP contribution in [0.3, 0.4) is 0 Å². The highest BCUT2D eigenvalue weighted by Gasteiger charge is 2.38. The summed E-state index contributed by atoms with van der Waals surface area (Å²) in [5.41, 5.74) is 6.67. The molecule has 0 amide bonds. The van der Waals surface area contributed by atoms with E-state index in [-0.39, 0.29) is 0 Å². The van der Waals surface area contributed by atoms with Gasteiger partial charge in [0, 0.05) is 12.6 Å². The lowest BCUT2D eigenvalue weighted by Crippen LogP contribution is -2.53. The summed E-state index contributed by atoms with van der Waals surface area (Å²) in [6.07, 6.45) is 15.9. The second kappa shape index (κ2) is 6.13. The van der Waals surface area contributed by atoms with Gasteiger partial charge in [-0.3, -0.25) is 4.90 Å². The quantitative estimate of drug-likeness (QED) is 0.844. The molecule has 110 valence electrons. The Bertz CT molecular complexity index is 281. The highest BCUT2D eigenvalue weighted by Crippen LogP contribution is 2.40. The van der Waals surface area contributed by atoms with Crippen molar-refractivity contribution in [3.05, 3.63) is 0 Å². The number of fused-ring (bicyclic) bond motifs is 1. The van der Waals surface area contributed by atoms with Gasteiger partial charge in [0.2, 0.25) is 0 Å². The van der Waals surface area contributed by atoms with E-state index in [0.717, 1.165) is 18.5 Å². The zero-order chi connectivity index (χ0) is 13.1. The van der Waals surface area contributed by atoms with Gasteiger partial charge in [0.25, 0.3) is 0 Å². The lowest BCUT2D eigenvalue weighted by atomic mass is 9.71. The summed E-state index contributed by atoms with van der Waals surface area (Å²) in [7, 11) is 0. The van der Waals surface area contributed by atoms with Gasteiger partial charge in [-0.25, -0.2) is 0 Å². The Labute approximate surface area is 119 Å². The molecule has 2 atom stereocenters. The number of hydrogen-bond acceptors (Lipinski definition) is 2. The molecule has 2 saturated carbocycles. The average Bonchev–Trinajstić information content (AvgIpc) is 2.49. The molecule has 0 radical (unpaired) electrons. The Kier molecular flexibility index (Phi) is 4.48. The van der Waals surface area contributed by atoms with Crippen molar-refractivity contribution in [3.8, 4) is 0 Å². The molecular weight excluding hydrogens is 232 g/mol. The molecule has 1 heterocycles. The summed E-state index contributed by atoms with van der Waals surface area (Å²) in [5.74, 6) is 1.01. The zero-order valence-electron chi connectivity index (χ0n) is 12.6. The van der Waals surface area contributed by atoms with Crippen molar-refractivity contribution in [2.24, 2.45) is 17.1 Å². The van der Waals surface area contributed by atoms with Gasteiger partial charge in [-0.05, 0) is 62.9 Å². The van der Waals surface area contributed by atoms with Crippen LogP contribution in [0.15, 0.2) is 0 Å². The minimum atomic E-state index is 0.470. The van der Waals surface area contributed by atoms with Crippen molar-refractivity contribution in [2.75, 3.05) is 19.6 Å². The van der Waals surface area contributed by atoms with E-state index in [1.807, 2.05) is 0 Å². The molecule has 3 aliphatic rings. The van der Waals surface area contributed by atoms with Crippen LogP contribution in [0.25, 0.3) is 0 Å². The number of rotatable bonds is 3. The largest absolute Gasteiger partial charge is 0.330 e. The summed E-state index contributed by atoms with van der Waals surface area (Å²) in [4.78, 5) is 2.87. The van der Waals surface area contributed by atoms with Gasteiger partial charge in [-0.2, -0.15) is 0 Å². The van der Waals surface area contributed by atoms with E-state index >= 15 is 0 Å². The Morgan fingerprint density at radius 3 is 2.42 bits per heavy atom. The summed E-state index contributed by atoms with van der Waals surface area (Å²) >= 11 is 0. The smallest absolute Gasteiger partial charge is 0.0124 e. The Morgan fingerprint density at radius 1 is 0.895 bits per heavy atom. The molecule has 3 rings (SSSR count). The molecule has 3 fully saturated rings. The molecular formula is C17H32N2. The van der Waals surface area contributed by atoms with Crippen LogP contribution in [-0.2, 0) is 0 Å². The third-order valence-electron chi connectivity index (χ3n) is 6.24. The standard InChI is InChI=1S/C17H32N2/c18-13-17(10-4-1-5-11-17)14-19-12-6-8-15-7-2-3-9-16(15)19/h15-16H,1-14,18H2. The number of nitrogens with two attached hydrogens (primary N) is 1. The predicted octanol–water partition coefficient (Wildman–Crippen LogP) is 3.55. The van der Waals surface area contributed by atoms with E-state index in [1.165, 1.54) is 83.7 Å². The lowest BCUT2D eigenvalue weighted by Gasteiger charge is -2.49. The van der Waals surface area contributed by atoms with Gasteiger partial charge in [-0.15, -0.1) is 0 Å². The molecule has 2 aliphatic carbocycles. The summed E-state index contributed by atoms with van der Waals surface area (Å²) < 4.78 is 0. The number of likely N-dealkylation sites (tertiary alicyclic amines) is 1. The van der Waals surface area contributed by atoms with E-state index in [0.29, 0.717) is 5.41 Å². The first-order chi connectivity index (χ1) is 9.33. The third kappa shape index (κ3) is 3.00. The monoisotopic (exact) mass is 264 g/mol. The average molecular weight is 264 g/mol. The second-order valence-corrected chi connectivity index (χ2v) is 7.49. The molecule has 1 saturated heterocycles. The van der Waals surface area contributed by atoms with Crippen LogP contribution >= 0.6 is 0 Å². The van der Waals surface area contributed by atoms with Crippen LogP contribution in [0.1, 0.15) is 70.6 Å². The first kappa shape index (κ1) is 13.9. The minimum Gasteiger partial charge on any atom is -0.330 e. The van der Waals surface area contributed by atoms with Crippen LogP contribution in [-0.4, -0.2) is 30.6 Å². The van der Waals surface area contributed by atoms with Crippen molar-refractivity contribution in [2.45, 2.75) is 76.7 Å². The molecule has 0 bridgehead atoms. The van der Waals surface area contributed by atoms with Crippen LogP contribution in [0, 0.1) is 11.3 Å². The van der Waals surface area contributed by atoms with Crippen molar-refractivity contribution >= 4 is 0 Å². The van der Waals surface area contributed by atoms with Gasteiger partial charge in [-0.1, -0.05) is 32.1 Å². The highest BCUT2D eigenvalue weighted by atomic mass is 15.2. The maximum absolute atomic E-state index is 6.20. The second-order valence-electron chi connectivity index (χ2n) is 7.49. The summed E-state index contributed by atoms with van der Waals surface area (Å²) in [5, 5.41) is 0. The van der Waals surface area contributed by atoms with E-state index in [4.69, 9.17) is 5.73 Å². The zero-order valence-corrected chi connectivity index (χ0v) is 12.6. The van der Waals surface area contributed by atoms with E-state index < -0.39 is 0 Å². The van der Waals surface area contributed by atoms with E-state index in [1.54, 1.807) is 0 Å². The first-order valence-electron chi connectivity index (χ1n) is 8.77. The molecule has 2 N–H and O–H groups in total. The lowest BCUT2D eigenvalue weighted by molar-refractivity contribution is 0.0135. The Hall–Kier alpha value is -0.0800. The minimum absolute atomic E-state index is 0.470. The molecule has 0 aromatic carbocycles. The van der Waals surface area contributed by atoms with Crippen LogP contribution in [0.2, 0.25) is 0 Å². The van der Waals surface area contributed by atoms with Crippen molar-refractivity contribution in [1.29, 1.82) is 0 Å². The molecule has 2 heteroatoms. The predicted molar refractivity (Wildman–Crippen MR) is 81.1 cm³/mol. The van der Waals surface area contributed by atoms with E-state index in [9.17, 15) is 0 Å². The number of hydrogen-bond donors (Lipinski definition) is 1. The molecule has 0 aromatic rings. The van der Waals surface area contributed by atoms with Gasteiger partial charge >= 0.3 is 0 Å². The number of nitrogens with zero attached hydrogens (tertiary/aromatic N) is 1. The fourth-order valence-corrected chi connectivity index (χ4v) is 5.08. The first-order valence-corrected chi connectivity index (χ1v) is 8.77. The molecule has 0 aromatic heterocycles. The van der Waals surface area contributed by atoms with Crippen LogP contribution in [0.5, 0.6) is 0 Å². The molecule has 2 nitrogen and oxygen atoms in total. The topological polar surface area (TPSA) is 29.3 Å². The summed E-state index contributed by atoms with van der Waals surface area (Å²) in [6, 6.07) is 0.910. The Morgan fingerprint density at radius 2 is 1.63 bits per heavy atom. The SMILES string of the molecule is NCC1(CN2CCCC3CCCCC32)CCCCC1. The Balaban J connectivity index is 1.66. The normalized spacial score (nSPS) is 35.8. The van der Waals surface area contributed by atoms with Gasteiger partial charge in [0.05, 0.1) is 0 Å². The van der Waals surface area contributed by atoms with Gasteiger partial charge in [0.15, 0.2) is 0 Å². The molecule has 0 spiro atoms. The number of piperidine rings is 1. The van der Waals surface area contributed by atoms with Crippen molar-refractivity contribution in [3.63, 3.8) is 0 Å². The fourth-order valence-electron chi connectivity index (χ4n) is 5.08.